The number of nitrogens with one attached hydrogen (secondary N) is 1. The van der Waals surface area contributed by atoms with Gasteiger partial charge in [-0.1, -0.05) is 54.6 Å². The Morgan fingerprint density at radius 2 is 1.48 bits per heavy atom. The summed E-state index contributed by atoms with van der Waals surface area (Å²) in [6.45, 7) is 0. The first kappa shape index (κ1) is 20.5. The minimum atomic E-state index is -0.499. The van der Waals surface area contributed by atoms with Crippen molar-refractivity contribution in [1.29, 1.82) is 0 Å². The maximum atomic E-state index is 13.8. The largest absolute Gasteiger partial charge is 0.496 e. The first-order valence-corrected chi connectivity index (χ1v) is 10.4. The number of fused-ring (bicyclic) bond motifs is 1. The van der Waals surface area contributed by atoms with Crippen molar-refractivity contribution in [3.05, 3.63) is 108 Å². The molecule has 1 heterocycles. The molecule has 5 rings (SSSR count). The summed E-state index contributed by atoms with van der Waals surface area (Å²) in [7, 11) is 1.51. The van der Waals surface area contributed by atoms with E-state index in [0.717, 1.165) is 10.8 Å². The fourth-order valence-corrected chi connectivity index (χ4v) is 4.05. The zero-order valence-corrected chi connectivity index (χ0v) is 17.7. The van der Waals surface area contributed by atoms with Crippen molar-refractivity contribution in [1.82, 2.24) is 0 Å². The van der Waals surface area contributed by atoms with Gasteiger partial charge in [0.15, 0.2) is 0 Å². The molecule has 0 aromatic heterocycles. The van der Waals surface area contributed by atoms with Crippen LogP contribution < -0.4 is 15.0 Å². The van der Waals surface area contributed by atoms with Crippen LogP contribution >= 0.6 is 0 Å². The van der Waals surface area contributed by atoms with E-state index < -0.39 is 17.6 Å². The Bertz CT molecular complexity index is 1420. The Morgan fingerprint density at radius 1 is 0.788 bits per heavy atom. The number of carbonyl (C=O) groups excluding carboxylic acids is 2. The molecule has 0 aliphatic carbocycles. The predicted molar refractivity (Wildman–Crippen MR) is 126 cm³/mol. The highest BCUT2D eigenvalue weighted by Gasteiger charge is 2.41. The second-order valence-electron chi connectivity index (χ2n) is 7.53. The number of halogens is 1. The molecule has 6 heteroatoms. The lowest BCUT2D eigenvalue weighted by molar-refractivity contribution is -0.120. The molecular weight excluding hydrogens is 419 g/mol. The minimum Gasteiger partial charge on any atom is -0.496 e. The first-order valence-electron chi connectivity index (χ1n) is 10.4. The highest BCUT2D eigenvalue weighted by molar-refractivity contribution is 6.47. The number of nitrogens with zero attached hydrogens (tertiary/aromatic N) is 1. The van der Waals surface area contributed by atoms with Gasteiger partial charge in [-0.15, -0.1) is 0 Å². The van der Waals surface area contributed by atoms with Gasteiger partial charge in [-0.05, 0) is 41.8 Å². The van der Waals surface area contributed by atoms with Crippen LogP contribution in [0.4, 0.5) is 15.8 Å². The summed E-state index contributed by atoms with van der Waals surface area (Å²) in [4.78, 5) is 28.6. The van der Waals surface area contributed by atoms with Gasteiger partial charge in [0.2, 0.25) is 0 Å². The molecule has 0 bridgehead atoms. The molecule has 162 valence electrons. The van der Waals surface area contributed by atoms with Gasteiger partial charge in [0.1, 0.15) is 17.3 Å². The van der Waals surface area contributed by atoms with Crippen LogP contribution in [0.25, 0.3) is 16.3 Å². The van der Waals surface area contributed by atoms with Crippen LogP contribution in [0.15, 0.2) is 96.7 Å². The van der Waals surface area contributed by atoms with Crippen molar-refractivity contribution in [3.63, 3.8) is 0 Å². The number of carbonyl (C=O) groups is 2. The smallest absolute Gasteiger partial charge is 0.282 e. The molecule has 0 unspecified atom stereocenters. The Balaban J connectivity index is 1.69. The van der Waals surface area contributed by atoms with Crippen LogP contribution in [-0.4, -0.2) is 18.9 Å². The third-order valence-corrected chi connectivity index (χ3v) is 5.58. The number of hydrogen-bond donors (Lipinski definition) is 1. The topological polar surface area (TPSA) is 58.6 Å². The molecule has 0 fully saturated rings. The summed E-state index contributed by atoms with van der Waals surface area (Å²) in [5, 5.41) is 4.73. The molecule has 4 aromatic carbocycles. The van der Waals surface area contributed by atoms with E-state index >= 15 is 0 Å². The standard InChI is InChI=1S/C27H19FN2O3/c1-33-23-12-5-4-10-21(23)24-25(29-19-15-13-18(28)14-16-19)27(32)30(26(24)31)22-11-6-8-17-7-2-3-9-20(17)22/h2-16,29H,1H3. The average Bonchev–Trinajstić information content (AvgIpc) is 3.09. The van der Waals surface area contributed by atoms with Crippen molar-refractivity contribution in [2.45, 2.75) is 0 Å². The predicted octanol–water partition coefficient (Wildman–Crippen LogP) is 5.38. The molecule has 0 spiro atoms. The molecule has 5 nitrogen and oxygen atoms in total. The van der Waals surface area contributed by atoms with Gasteiger partial charge in [-0.3, -0.25) is 9.59 Å². The summed E-state index contributed by atoms with van der Waals surface area (Å²) in [5.41, 5.74) is 1.76. The lowest BCUT2D eigenvalue weighted by Crippen LogP contribution is -2.32. The quantitative estimate of drug-likeness (QED) is 0.425. The van der Waals surface area contributed by atoms with Crippen LogP contribution in [0.3, 0.4) is 0 Å². The summed E-state index contributed by atoms with van der Waals surface area (Å²) >= 11 is 0. The van der Waals surface area contributed by atoms with E-state index in [2.05, 4.69) is 5.32 Å². The van der Waals surface area contributed by atoms with Gasteiger partial charge in [-0.2, -0.15) is 0 Å². The number of para-hydroxylation sites is 1. The van der Waals surface area contributed by atoms with E-state index in [4.69, 9.17) is 4.74 Å². The Labute approximate surface area is 189 Å². The number of ether oxygens (including phenoxy) is 1. The fourth-order valence-electron chi connectivity index (χ4n) is 4.05. The van der Waals surface area contributed by atoms with Crippen molar-refractivity contribution >= 4 is 39.5 Å². The highest BCUT2D eigenvalue weighted by atomic mass is 19.1. The summed E-state index contributed by atoms with van der Waals surface area (Å²) in [6, 6.07) is 25.7. The summed E-state index contributed by atoms with van der Waals surface area (Å²) in [6.07, 6.45) is 0. The van der Waals surface area contributed by atoms with E-state index in [0.29, 0.717) is 22.7 Å². The van der Waals surface area contributed by atoms with Gasteiger partial charge in [0.25, 0.3) is 11.8 Å². The number of hydrogen-bond acceptors (Lipinski definition) is 4. The van der Waals surface area contributed by atoms with E-state index in [1.54, 1.807) is 30.3 Å². The van der Waals surface area contributed by atoms with Crippen molar-refractivity contribution in [3.8, 4) is 5.75 Å². The Kier molecular flexibility index (Phi) is 5.11. The monoisotopic (exact) mass is 438 g/mol. The van der Waals surface area contributed by atoms with Crippen molar-refractivity contribution in [2.24, 2.45) is 0 Å². The van der Waals surface area contributed by atoms with Gasteiger partial charge in [0, 0.05) is 16.6 Å². The molecule has 0 atom stereocenters. The maximum Gasteiger partial charge on any atom is 0.282 e. The fraction of sp³-hybridized carbons (Fsp3) is 0.0370. The van der Waals surface area contributed by atoms with E-state index in [1.807, 2.05) is 36.4 Å². The highest BCUT2D eigenvalue weighted by Crippen LogP contribution is 2.39. The molecule has 1 aliphatic rings. The van der Waals surface area contributed by atoms with Crippen LogP contribution in [-0.2, 0) is 9.59 Å². The lowest BCUT2D eigenvalue weighted by Gasteiger charge is -2.18. The molecule has 1 aliphatic heterocycles. The van der Waals surface area contributed by atoms with Crippen LogP contribution in [0.5, 0.6) is 5.75 Å². The second kappa shape index (κ2) is 8.24. The maximum absolute atomic E-state index is 13.8. The molecule has 33 heavy (non-hydrogen) atoms. The molecule has 0 radical (unpaired) electrons. The zero-order chi connectivity index (χ0) is 22.9. The first-order chi connectivity index (χ1) is 16.1. The van der Waals surface area contributed by atoms with Gasteiger partial charge in [0.05, 0.1) is 18.4 Å². The Morgan fingerprint density at radius 3 is 2.27 bits per heavy atom. The molecule has 0 saturated carbocycles. The van der Waals surface area contributed by atoms with E-state index in [9.17, 15) is 14.0 Å². The number of imide groups is 1. The van der Waals surface area contributed by atoms with Crippen LogP contribution in [0, 0.1) is 5.82 Å². The van der Waals surface area contributed by atoms with E-state index in [-0.39, 0.29) is 11.3 Å². The number of amides is 2. The van der Waals surface area contributed by atoms with Gasteiger partial charge in [-0.25, -0.2) is 9.29 Å². The second-order valence-corrected chi connectivity index (χ2v) is 7.53. The SMILES string of the molecule is COc1ccccc1C1=C(Nc2ccc(F)cc2)C(=O)N(c2cccc3ccccc23)C1=O. The van der Waals surface area contributed by atoms with Crippen LogP contribution in [0.2, 0.25) is 0 Å². The zero-order valence-electron chi connectivity index (χ0n) is 17.7. The lowest BCUT2D eigenvalue weighted by atomic mass is 10.0. The molecule has 0 saturated heterocycles. The van der Waals surface area contributed by atoms with Crippen LogP contribution in [0.1, 0.15) is 5.56 Å². The number of rotatable bonds is 5. The average molecular weight is 438 g/mol. The summed E-state index contributed by atoms with van der Waals surface area (Å²) < 4.78 is 18.9. The molecule has 1 N–H and O–H groups in total. The third kappa shape index (κ3) is 3.51. The van der Waals surface area contributed by atoms with Crippen molar-refractivity contribution in [2.75, 3.05) is 17.3 Å². The molecular formula is C27H19FN2O3. The normalized spacial score (nSPS) is 13.7. The molecule has 2 amide bonds. The number of methoxy groups -OCH3 is 1. The number of benzene rings is 4. The number of anilines is 2. The summed E-state index contributed by atoms with van der Waals surface area (Å²) in [5.74, 6) is -0.899. The third-order valence-electron chi connectivity index (χ3n) is 5.58. The van der Waals surface area contributed by atoms with E-state index in [1.165, 1.54) is 36.3 Å². The molecule has 4 aromatic rings. The van der Waals surface area contributed by atoms with Gasteiger partial charge < -0.3 is 10.1 Å². The Hall–Kier alpha value is -4.45. The van der Waals surface area contributed by atoms with Gasteiger partial charge >= 0.3 is 0 Å². The minimum absolute atomic E-state index is 0.101. The van der Waals surface area contributed by atoms with Crippen molar-refractivity contribution < 1.29 is 18.7 Å².